The molecule has 0 bridgehead atoms. The fourth-order valence-electron chi connectivity index (χ4n) is 2.42. The molecule has 1 heterocycles. The first-order valence-electron chi connectivity index (χ1n) is 7.58. The maximum Gasteiger partial charge on any atom is 0.317 e. The van der Waals surface area contributed by atoms with Crippen molar-refractivity contribution in [2.45, 2.75) is 6.42 Å². The zero-order valence-corrected chi connectivity index (χ0v) is 14.0. The van der Waals surface area contributed by atoms with Crippen LogP contribution in [-0.2, 0) is 9.84 Å². The Labute approximate surface area is 136 Å². The van der Waals surface area contributed by atoms with Crippen LogP contribution in [0.25, 0.3) is 0 Å². The molecule has 8 heteroatoms. The summed E-state index contributed by atoms with van der Waals surface area (Å²) in [6.07, 6.45) is 0.669. The Morgan fingerprint density at radius 3 is 2.61 bits per heavy atom. The van der Waals surface area contributed by atoms with E-state index in [1.165, 1.54) is 11.0 Å². The monoisotopic (exact) mass is 343 g/mol. The first-order valence-corrected chi connectivity index (χ1v) is 9.40. The Hall–Kier alpha value is -1.83. The summed E-state index contributed by atoms with van der Waals surface area (Å²) in [7, 11) is -1.18. The van der Waals surface area contributed by atoms with E-state index < -0.39 is 9.84 Å². The number of urea groups is 1. The summed E-state index contributed by atoms with van der Waals surface area (Å²) in [5.41, 5.74) is 0.528. The van der Waals surface area contributed by atoms with Crippen LogP contribution in [0.15, 0.2) is 24.3 Å². The highest BCUT2D eigenvalue weighted by atomic mass is 32.2. The van der Waals surface area contributed by atoms with Crippen LogP contribution in [0.4, 0.5) is 14.9 Å². The molecular formula is C15H22FN3O3S. The molecule has 1 aromatic rings. The van der Waals surface area contributed by atoms with Gasteiger partial charge in [0.05, 0.1) is 17.2 Å². The Morgan fingerprint density at radius 1 is 1.30 bits per heavy atom. The van der Waals surface area contributed by atoms with Crippen LogP contribution >= 0.6 is 0 Å². The third-order valence-electron chi connectivity index (χ3n) is 3.84. The predicted molar refractivity (Wildman–Crippen MR) is 87.9 cm³/mol. The van der Waals surface area contributed by atoms with Crippen LogP contribution in [0.1, 0.15) is 6.42 Å². The van der Waals surface area contributed by atoms with Gasteiger partial charge in [-0.05, 0) is 18.6 Å². The zero-order chi connectivity index (χ0) is 16.9. The van der Waals surface area contributed by atoms with Gasteiger partial charge in [-0.15, -0.1) is 0 Å². The quantitative estimate of drug-likeness (QED) is 0.813. The maximum absolute atomic E-state index is 13.6. The molecule has 0 unspecified atom stereocenters. The number of hydrogen-bond acceptors (Lipinski definition) is 4. The molecule has 0 saturated carbocycles. The molecule has 2 amide bonds. The summed E-state index contributed by atoms with van der Waals surface area (Å²) in [4.78, 5) is 15.2. The van der Waals surface area contributed by atoms with Crippen molar-refractivity contribution in [3.05, 3.63) is 30.1 Å². The smallest absolute Gasteiger partial charge is 0.317 e. The summed E-state index contributed by atoms with van der Waals surface area (Å²) in [5, 5.41) is 2.77. The largest absolute Gasteiger partial charge is 0.372 e. The molecule has 6 nitrogen and oxygen atoms in total. The minimum atomic E-state index is -2.98. The summed E-state index contributed by atoms with van der Waals surface area (Å²) in [5.74, 6) is -0.221. The van der Waals surface area contributed by atoms with E-state index in [0.29, 0.717) is 25.2 Å². The van der Waals surface area contributed by atoms with Crippen molar-refractivity contribution in [3.8, 4) is 0 Å². The Kier molecular flexibility index (Phi) is 5.81. The van der Waals surface area contributed by atoms with Gasteiger partial charge in [0, 0.05) is 33.2 Å². The highest BCUT2D eigenvalue weighted by Gasteiger charge is 2.24. The number of para-hydroxylation sites is 1. The van der Waals surface area contributed by atoms with Crippen LogP contribution in [0.5, 0.6) is 0 Å². The number of carbonyl (C=O) groups is 1. The van der Waals surface area contributed by atoms with Gasteiger partial charge in [-0.25, -0.2) is 17.6 Å². The van der Waals surface area contributed by atoms with E-state index in [2.05, 4.69) is 5.32 Å². The molecule has 1 N–H and O–H groups in total. The van der Waals surface area contributed by atoms with E-state index in [1.54, 1.807) is 30.1 Å². The summed E-state index contributed by atoms with van der Waals surface area (Å²) >= 11 is 0. The Morgan fingerprint density at radius 2 is 1.96 bits per heavy atom. The van der Waals surface area contributed by atoms with Crippen LogP contribution in [-0.4, -0.2) is 64.1 Å². The van der Waals surface area contributed by atoms with E-state index in [9.17, 15) is 17.6 Å². The van der Waals surface area contributed by atoms with Gasteiger partial charge in [-0.2, -0.15) is 0 Å². The second-order valence-electron chi connectivity index (χ2n) is 5.60. The van der Waals surface area contributed by atoms with Gasteiger partial charge >= 0.3 is 6.03 Å². The number of nitrogens with one attached hydrogen (secondary N) is 1. The first-order chi connectivity index (χ1) is 10.9. The van der Waals surface area contributed by atoms with Gasteiger partial charge in [-0.1, -0.05) is 12.1 Å². The molecule has 0 aromatic heterocycles. The number of rotatable bonds is 5. The maximum atomic E-state index is 13.6. The van der Waals surface area contributed by atoms with Crippen molar-refractivity contribution in [2.24, 2.45) is 0 Å². The number of hydrogen-bond donors (Lipinski definition) is 1. The van der Waals surface area contributed by atoms with Gasteiger partial charge < -0.3 is 15.1 Å². The lowest BCUT2D eigenvalue weighted by Gasteiger charge is -2.27. The third-order valence-corrected chi connectivity index (χ3v) is 5.45. The fraction of sp³-hybridized carbons (Fsp3) is 0.533. The van der Waals surface area contributed by atoms with Gasteiger partial charge in [-0.3, -0.25) is 0 Å². The summed E-state index contributed by atoms with van der Waals surface area (Å²) in [6, 6.07) is 6.31. The molecule has 23 heavy (non-hydrogen) atoms. The highest BCUT2D eigenvalue weighted by molar-refractivity contribution is 7.91. The van der Waals surface area contributed by atoms with Crippen LogP contribution in [0.2, 0.25) is 0 Å². The Bertz CT molecular complexity index is 637. The molecule has 128 valence electrons. The topological polar surface area (TPSA) is 69.7 Å². The number of carbonyl (C=O) groups excluding carboxylic acids is 1. The number of nitrogens with zero attached hydrogens (tertiary/aromatic N) is 2. The van der Waals surface area contributed by atoms with E-state index in [-0.39, 0.29) is 36.4 Å². The van der Waals surface area contributed by atoms with Crippen molar-refractivity contribution in [2.75, 3.05) is 49.6 Å². The molecular weight excluding hydrogens is 321 g/mol. The van der Waals surface area contributed by atoms with E-state index in [0.717, 1.165) is 0 Å². The van der Waals surface area contributed by atoms with Crippen molar-refractivity contribution < 1.29 is 17.6 Å². The van der Waals surface area contributed by atoms with Crippen molar-refractivity contribution in [1.82, 2.24) is 10.2 Å². The van der Waals surface area contributed by atoms with Crippen LogP contribution in [0.3, 0.4) is 0 Å². The fourth-order valence-corrected chi connectivity index (χ4v) is 3.62. The van der Waals surface area contributed by atoms with E-state index >= 15 is 0 Å². The number of sulfone groups is 1. The lowest BCUT2D eigenvalue weighted by Crippen LogP contribution is -2.48. The molecule has 0 aliphatic carbocycles. The molecule has 0 radical (unpaired) electrons. The molecule has 1 saturated heterocycles. The van der Waals surface area contributed by atoms with E-state index in [1.807, 2.05) is 0 Å². The highest BCUT2D eigenvalue weighted by Crippen LogP contribution is 2.16. The van der Waals surface area contributed by atoms with Gasteiger partial charge in [0.25, 0.3) is 0 Å². The third kappa shape index (κ3) is 5.09. The minimum absolute atomic E-state index is 0.0242. The molecule has 1 fully saturated rings. The molecule has 1 aliphatic rings. The summed E-state index contributed by atoms with van der Waals surface area (Å²) in [6.45, 7) is 1.54. The molecule has 2 rings (SSSR count). The predicted octanol–water partition coefficient (Wildman–Crippen LogP) is 1.09. The number of benzene rings is 1. The number of anilines is 1. The van der Waals surface area contributed by atoms with Gasteiger partial charge in [0.15, 0.2) is 9.84 Å². The molecule has 1 aromatic carbocycles. The first kappa shape index (κ1) is 17.5. The zero-order valence-electron chi connectivity index (χ0n) is 13.2. The second-order valence-corrected chi connectivity index (χ2v) is 7.90. The van der Waals surface area contributed by atoms with Crippen molar-refractivity contribution >= 4 is 21.6 Å². The van der Waals surface area contributed by atoms with E-state index in [4.69, 9.17) is 0 Å². The second kappa shape index (κ2) is 7.63. The lowest BCUT2D eigenvalue weighted by atomic mass is 10.2. The standard InChI is InChI=1S/C15H22FN3O3S/c1-18(14-6-3-2-5-13(14)16)8-4-7-17-15(20)19-9-11-23(21,22)12-10-19/h2-3,5-6H,4,7-12H2,1H3,(H,17,20). The van der Waals surface area contributed by atoms with Gasteiger partial charge in [0.2, 0.25) is 0 Å². The van der Waals surface area contributed by atoms with Gasteiger partial charge in [0.1, 0.15) is 5.82 Å². The lowest BCUT2D eigenvalue weighted by molar-refractivity contribution is 0.202. The average Bonchev–Trinajstić information content (AvgIpc) is 2.51. The van der Waals surface area contributed by atoms with Crippen LogP contribution < -0.4 is 10.2 Å². The molecule has 0 spiro atoms. The average molecular weight is 343 g/mol. The Balaban J connectivity index is 1.69. The van der Waals surface area contributed by atoms with Crippen LogP contribution in [0, 0.1) is 5.82 Å². The SMILES string of the molecule is CN(CCCNC(=O)N1CCS(=O)(=O)CC1)c1ccccc1F. The van der Waals surface area contributed by atoms with Crippen molar-refractivity contribution in [3.63, 3.8) is 0 Å². The number of amides is 2. The molecule has 1 aliphatic heterocycles. The normalized spacial score (nSPS) is 16.9. The number of halogens is 1. The molecule has 0 atom stereocenters. The van der Waals surface area contributed by atoms with Crippen molar-refractivity contribution in [1.29, 1.82) is 0 Å². The summed E-state index contributed by atoms with van der Waals surface area (Å²) < 4.78 is 36.3. The minimum Gasteiger partial charge on any atom is -0.372 e.